The fourth-order valence-corrected chi connectivity index (χ4v) is 4.16. The van der Waals surface area contributed by atoms with Gasteiger partial charge in [-0.15, -0.1) is 11.3 Å². The Bertz CT molecular complexity index is 824. The molecule has 3 rings (SSSR count). The van der Waals surface area contributed by atoms with E-state index in [2.05, 4.69) is 23.7 Å². The number of halogens is 3. The van der Waals surface area contributed by atoms with E-state index in [9.17, 15) is 18.0 Å². The van der Waals surface area contributed by atoms with Gasteiger partial charge in [-0.1, -0.05) is 12.1 Å². The summed E-state index contributed by atoms with van der Waals surface area (Å²) in [7, 11) is 0. The van der Waals surface area contributed by atoms with Gasteiger partial charge in [0.25, 0.3) is 5.91 Å². The standard InChI is InChI=1S/C19H22F3N3OS/c1-12(2)24-7-9-25(10-8-24)18(26)16-13(3)23-17(27-16)14-5-4-6-15(11-14)19(20,21)22/h4-6,11-12H,7-10H2,1-3H3. The highest BCUT2D eigenvalue weighted by atomic mass is 32.1. The summed E-state index contributed by atoms with van der Waals surface area (Å²) >= 11 is 1.16. The molecule has 1 aromatic carbocycles. The normalized spacial score (nSPS) is 16.2. The molecule has 0 aliphatic carbocycles. The van der Waals surface area contributed by atoms with Crippen LogP contribution in [0.4, 0.5) is 13.2 Å². The number of aryl methyl sites for hydroxylation is 1. The van der Waals surface area contributed by atoms with E-state index in [1.165, 1.54) is 6.07 Å². The summed E-state index contributed by atoms with van der Waals surface area (Å²) in [5.74, 6) is -0.0911. The molecule has 0 unspecified atom stereocenters. The molecular weight excluding hydrogens is 375 g/mol. The first-order chi connectivity index (χ1) is 12.7. The number of aromatic nitrogens is 1. The maximum absolute atomic E-state index is 12.9. The highest BCUT2D eigenvalue weighted by Gasteiger charge is 2.31. The molecule has 27 heavy (non-hydrogen) atoms. The maximum atomic E-state index is 12.9. The van der Waals surface area contributed by atoms with Crippen LogP contribution in [-0.2, 0) is 6.18 Å². The Morgan fingerprint density at radius 1 is 1.19 bits per heavy atom. The second-order valence-electron chi connectivity index (χ2n) is 6.93. The fraction of sp³-hybridized carbons (Fsp3) is 0.474. The van der Waals surface area contributed by atoms with Crippen molar-refractivity contribution < 1.29 is 18.0 Å². The van der Waals surface area contributed by atoms with Crippen LogP contribution < -0.4 is 0 Å². The van der Waals surface area contributed by atoms with Crippen molar-refractivity contribution in [1.82, 2.24) is 14.8 Å². The van der Waals surface area contributed by atoms with Gasteiger partial charge in [-0.3, -0.25) is 9.69 Å². The summed E-state index contributed by atoms with van der Waals surface area (Å²) in [6.45, 7) is 8.92. The number of carbonyl (C=O) groups excluding carboxylic acids is 1. The van der Waals surface area contributed by atoms with Crippen molar-refractivity contribution in [2.45, 2.75) is 33.0 Å². The number of carbonyl (C=O) groups is 1. The third-order valence-electron chi connectivity index (χ3n) is 4.76. The molecule has 1 aliphatic rings. The van der Waals surface area contributed by atoms with Crippen molar-refractivity contribution in [2.75, 3.05) is 26.2 Å². The zero-order chi connectivity index (χ0) is 19.8. The van der Waals surface area contributed by atoms with Crippen molar-refractivity contribution in [3.05, 3.63) is 40.4 Å². The van der Waals surface area contributed by atoms with Crippen LogP contribution in [0.5, 0.6) is 0 Å². The van der Waals surface area contributed by atoms with E-state index in [1.807, 2.05) is 0 Å². The molecule has 1 fully saturated rings. The number of thiazole rings is 1. The van der Waals surface area contributed by atoms with Gasteiger partial charge in [0.05, 0.1) is 11.3 Å². The van der Waals surface area contributed by atoms with Gasteiger partial charge in [0, 0.05) is 37.8 Å². The number of amides is 1. The van der Waals surface area contributed by atoms with E-state index in [0.29, 0.717) is 40.3 Å². The SMILES string of the molecule is Cc1nc(-c2cccc(C(F)(F)F)c2)sc1C(=O)N1CCN(C(C)C)CC1. The first-order valence-electron chi connectivity index (χ1n) is 8.85. The number of hydrogen-bond acceptors (Lipinski definition) is 4. The molecule has 2 heterocycles. The van der Waals surface area contributed by atoms with E-state index in [-0.39, 0.29) is 5.91 Å². The van der Waals surface area contributed by atoms with Crippen LogP contribution in [0.25, 0.3) is 10.6 Å². The van der Waals surface area contributed by atoms with Gasteiger partial charge in [0.1, 0.15) is 9.88 Å². The summed E-state index contributed by atoms with van der Waals surface area (Å²) in [4.78, 5) is 21.8. The topological polar surface area (TPSA) is 36.4 Å². The number of piperazine rings is 1. The van der Waals surface area contributed by atoms with Crippen LogP contribution >= 0.6 is 11.3 Å². The second kappa shape index (κ2) is 7.59. The van der Waals surface area contributed by atoms with E-state index in [4.69, 9.17) is 0 Å². The van der Waals surface area contributed by atoms with Gasteiger partial charge in [0.2, 0.25) is 0 Å². The lowest BCUT2D eigenvalue weighted by molar-refractivity contribution is -0.137. The van der Waals surface area contributed by atoms with Crippen LogP contribution in [0.1, 0.15) is 34.8 Å². The summed E-state index contributed by atoms with van der Waals surface area (Å²) in [5.41, 5.74) is 0.218. The van der Waals surface area contributed by atoms with Crippen LogP contribution in [0.3, 0.4) is 0 Å². The Morgan fingerprint density at radius 2 is 1.85 bits per heavy atom. The Hall–Kier alpha value is -1.93. The first kappa shape index (κ1) is 19.8. The molecule has 0 N–H and O–H groups in total. The molecule has 1 aromatic heterocycles. The lowest BCUT2D eigenvalue weighted by atomic mass is 10.1. The largest absolute Gasteiger partial charge is 0.416 e. The molecule has 1 saturated heterocycles. The third-order valence-corrected chi connectivity index (χ3v) is 5.95. The highest BCUT2D eigenvalue weighted by Crippen LogP contribution is 2.34. The molecule has 0 spiro atoms. The summed E-state index contributed by atoms with van der Waals surface area (Å²) in [6, 6.07) is 5.50. The number of rotatable bonds is 3. The minimum atomic E-state index is -4.41. The lowest BCUT2D eigenvalue weighted by Crippen LogP contribution is -2.50. The molecular formula is C19H22F3N3OS. The average molecular weight is 397 g/mol. The summed E-state index contributed by atoms with van der Waals surface area (Å²) < 4.78 is 38.8. The predicted octanol–water partition coefficient (Wildman–Crippen LogP) is 4.30. The minimum absolute atomic E-state index is 0.0911. The molecule has 0 atom stereocenters. The van der Waals surface area contributed by atoms with Crippen molar-refractivity contribution >= 4 is 17.2 Å². The number of alkyl halides is 3. The quantitative estimate of drug-likeness (QED) is 0.775. The monoisotopic (exact) mass is 397 g/mol. The molecule has 1 aliphatic heterocycles. The molecule has 4 nitrogen and oxygen atoms in total. The van der Waals surface area contributed by atoms with Crippen LogP contribution in [-0.4, -0.2) is 52.9 Å². The number of hydrogen-bond donors (Lipinski definition) is 0. The average Bonchev–Trinajstić information content (AvgIpc) is 3.02. The number of benzene rings is 1. The predicted molar refractivity (Wildman–Crippen MR) is 99.9 cm³/mol. The third kappa shape index (κ3) is 4.32. The van der Waals surface area contributed by atoms with Crippen LogP contribution in [0.2, 0.25) is 0 Å². The Balaban J connectivity index is 1.80. The Kier molecular flexibility index (Phi) is 5.58. The van der Waals surface area contributed by atoms with Gasteiger partial charge in [0.15, 0.2) is 0 Å². The van der Waals surface area contributed by atoms with E-state index in [0.717, 1.165) is 36.6 Å². The van der Waals surface area contributed by atoms with E-state index >= 15 is 0 Å². The molecule has 146 valence electrons. The van der Waals surface area contributed by atoms with Gasteiger partial charge in [-0.25, -0.2) is 4.98 Å². The van der Waals surface area contributed by atoms with Crippen molar-refractivity contribution in [2.24, 2.45) is 0 Å². The molecule has 2 aromatic rings. The van der Waals surface area contributed by atoms with Crippen molar-refractivity contribution in [1.29, 1.82) is 0 Å². The zero-order valence-corrected chi connectivity index (χ0v) is 16.3. The van der Waals surface area contributed by atoms with Crippen LogP contribution in [0.15, 0.2) is 24.3 Å². The minimum Gasteiger partial charge on any atom is -0.335 e. The van der Waals surface area contributed by atoms with Gasteiger partial charge in [-0.2, -0.15) is 13.2 Å². The van der Waals surface area contributed by atoms with Gasteiger partial charge >= 0.3 is 6.18 Å². The smallest absolute Gasteiger partial charge is 0.335 e. The maximum Gasteiger partial charge on any atom is 0.416 e. The van der Waals surface area contributed by atoms with Gasteiger partial charge < -0.3 is 4.90 Å². The fourth-order valence-electron chi connectivity index (χ4n) is 3.13. The summed E-state index contributed by atoms with van der Waals surface area (Å²) in [5, 5.41) is 0.433. The van der Waals surface area contributed by atoms with E-state index in [1.54, 1.807) is 17.9 Å². The van der Waals surface area contributed by atoms with Gasteiger partial charge in [-0.05, 0) is 32.9 Å². The zero-order valence-electron chi connectivity index (χ0n) is 15.5. The molecule has 8 heteroatoms. The van der Waals surface area contributed by atoms with Crippen molar-refractivity contribution in [3.63, 3.8) is 0 Å². The molecule has 0 bridgehead atoms. The number of nitrogens with zero attached hydrogens (tertiary/aromatic N) is 3. The molecule has 0 saturated carbocycles. The highest BCUT2D eigenvalue weighted by molar-refractivity contribution is 7.17. The second-order valence-corrected chi connectivity index (χ2v) is 7.93. The first-order valence-corrected chi connectivity index (χ1v) is 9.67. The lowest BCUT2D eigenvalue weighted by Gasteiger charge is -2.36. The molecule has 0 radical (unpaired) electrons. The molecule has 1 amide bonds. The van der Waals surface area contributed by atoms with Crippen LogP contribution in [0, 0.1) is 6.92 Å². The van der Waals surface area contributed by atoms with E-state index < -0.39 is 11.7 Å². The van der Waals surface area contributed by atoms with Crippen molar-refractivity contribution in [3.8, 4) is 10.6 Å². The summed E-state index contributed by atoms with van der Waals surface area (Å²) in [6.07, 6.45) is -4.41. The Labute approximate surface area is 160 Å². The Morgan fingerprint density at radius 3 is 2.44 bits per heavy atom.